The lowest BCUT2D eigenvalue weighted by molar-refractivity contribution is -0.185. The number of amides is 2. The van der Waals surface area contributed by atoms with E-state index in [1.54, 1.807) is 23.1 Å². The molecule has 2 aliphatic rings. The summed E-state index contributed by atoms with van der Waals surface area (Å²) >= 11 is 0. The average molecular weight is 427 g/mol. The molecule has 2 atom stereocenters. The number of nitrogens with zero attached hydrogens (tertiary/aromatic N) is 2. The summed E-state index contributed by atoms with van der Waals surface area (Å²) < 4.78 is 44.5. The molecule has 3 rings (SSSR count). The Morgan fingerprint density at radius 1 is 1.13 bits per heavy atom. The predicted molar refractivity (Wildman–Crippen MR) is 107 cm³/mol. The molecule has 1 saturated carbocycles. The van der Waals surface area contributed by atoms with Gasteiger partial charge < -0.3 is 19.9 Å². The number of hydrogen-bond donors (Lipinski definition) is 1. The van der Waals surface area contributed by atoms with Gasteiger partial charge in [0, 0.05) is 37.7 Å². The highest BCUT2D eigenvalue weighted by Crippen LogP contribution is 2.40. The van der Waals surface area contributed by atoms with Crippen molar-refractivity contribution in [3.63, 3.8) is 0 Å². The highest BCUT2D eigenvalue weighted by molar-refractivity contribution is 5.99. The number of alkyl halides is 3. The smallest absolute Gasteiger partial charge is 0.391 e. The first kappa shape index (κ1) is 22.4. The fourth-order valence-corrected chi connectivity index (χ4v) is 4.09. The second-order valence-corrected chi connectivity index (χ2v) is 8.10. The van der Waals surface area contributed by atoms with Gasteiger partial charge in [0.1, 0.15) is 5.75 Å². The molecule has 1 aliphatic heterocycles. The summed E-state index contributed by atoms with van der Waals surface area (Å²) in [6, 6.07) is 4.77. The van der Waals surface area contributed by atoms with Gasteiger partial charge in [0.05, 0.1) is 18.7 Å². The lowest BCUT2D eigenvalue weighted by Gasteiger charge is -2.32. The van der Waals surface area contributed by atoms with Gasteiger partial charge in [0.2, 0.25) is 5.91 Å². The highest BCUT2D eigenvalue weighted by atomic mass is 19.4. The molecule has 1 aromatic carbocycles. The number of ether oxygens (including phenoxy) is 1. The molecule has 6 nitrogen and oxygen atoms in total. The van der Waals surface area contributed by atoms with E-state index < -0.39 is 23.9 Å². The summed E-state index contributed by atoms with van der Waals surface area (Å²) in [7, 11) is 3.44. The first-order chi connectivity index (χ1) is 14.2. The van der Waals surface area contributed by atoms with Crippen LogP contribution in [0.2, 0.25) is 0 Å². The maximum atomic E-state index is 13.1. The number of benzene rings is 1. The van der Waals surface area contributed by atoms with Gasteiger partial charge in [-0.1, -0.05) is 6.42 Å². The van der Waals surface area contributed by atoms with Crippen LogP contribution >= 0.6 is 0 Å². The summed E-state index contributed by atoms with van der Waals surface area (Å²) in [5, 5.41) is 2.70. The number of hydrogen-bond acceptors (Lipinski definition) is 4. The molecule has 2 unspecified atom stereocenters. The van der Waals surface area contributed by atoms with E-state index in [2.05, 4.69) is 10.2 Å². The van der Waals surface area contributed by atoms with Crippen LogP contribution in [0.5, 0.6) is 5.75 Å². The van der Waals surface area contributed by atoms with E-state index in [1.165, 1.54) is 7.11 Å². The van der Waals surface area contributed by atoms with Crippen molar-refractivity contribution in [3.05, 3.63) is 23.8 Å². The van der Waals surface area contributed by atoms with Crippen molar-refractivity contribution >= 4 is 17.5 Å². The minimum Gasteiger partial charge on any atom is -0.495 e. The monoisotopic (exact) mass is 427 g/mol. The van der Waals surface area contributed by atoms with Crippen LogP contribution in [0.15, 0.2) is 18.2 Å². The lowest BCUT2D eigenvalue weighted by Crippen LogP contribution is -2.47. The minimum absolute atomic E-state index is 0.0611. The Kier molecular flexibility index (Phi) is 6.90. The molecule has 2 fully saturated rings. The highest BCUT2D eigenvalue weighted by Gasteiger charge is 2.43. The van der Waals surface area contributed by atoms with Crippen LogP contribution in [0.4, 0.5) is 18.9 Å². The average Bonchev–Trinajstić information content (AvgIpc) is 2.73. The van der Waals surface area contributed by atoms with Crippen LogP contribution in [-0.2, 0) is 4.79 Å². The van der Waals surface area contributed by atoms with Crippen LogP contribution < -0.4 is 10.1 Å². The Labute approximate surface area is 174 Å². The van der Waals surface area contributed by atoms with Crippen LogP contribution in [0, 0.1) is 11.8 Å². The topological polar surface area (TPSA) is 61.9 Å². The van der Waals surface area contributed by atoms with Crippen molar-refractivity contribution in [2.75, 3.05) is 45.7 Å². The normalized spacial score (nSPS) is 23.2. The van der Waals surface area contributed by atoms with Gasteiger partial charge in [-0.25, -0.2) is 0 Å². The predicted octanol–water partition coefficient (Wildman–Crippen LogP) is 3.39. The fraction of sp³-hybridized carbons (Fsp3) is 0.619. The second-order valence-electron chi connectivity index (χ2n) is 8.10. The van der Waals surface area contributed by atoms with Gasteiger partial charge in [-0.3, -0.25) is 9.59 Å². The van der Waals surface area contributed by atoms with E-state index in [1.807, 2.05) is 7.05 Å². The van der Waals surface area contributed by atoms with Crippen LogP contribution in [0.25, 0.3) is 0 Å². The quantitative estimate of drug-likeness (QED) is 0.800. The molecule has 0 aromatic heterocycles. The number of piperazine rings is 1. The molecule has 30 heavy (non-hydrogen) atoms. The van der Waals surface area contributed by atoms with E-state index in [4.69, 9.17) is 4.74 Å². The van der Waals surface area contributed by atoms with Crippen molar-refractivity contribution in [3.8, 4) is 5.75 Å². The number of methoxy groups -OCH3 is 1. The van der Waals surface area contributed by atoms with Gasteiger partial charge in [-0.2, -0.15) is 13.2 Å². The number of halogens is 3. The number of anilines is 1. The zero-order valence-electron chi connectivity index (χ0n) is 17.3. The fourth-order valence-electron chi connectivity index (χ4n) is 4.09. The third-order valence-corrected chi connectivity index (χ3v) is 6.00. The van der Waals surface area contributed by atoms with Crippen molar-refractivity contribution in [2.24, 2.45) is 11.8 Å². The molecule has 1 aliphatic carbocycles. The standard InChI is InChI=1S/C21H28F3N3O3/c1-26-8-10-27(11-9-26)20(29)15-6-7-18(30-2)17(13-15)25-19(28)14-4-3-5-16(12-14)21(22,23)24/h6-7,13-14,16H,3-5,8-12H2,1-2H3,(H,25,28). The molecule has 1 saturated heterocycles. The van der Waals surface area contributed by atoms with Gasteiger partial charge in [0.15, 0.2) is 0 Å². The number of rotatable bonds is 4. The third-order valence-electron chi connectivity index (χ3n) is 6.00. The first-order valence-electron chi connectivity index (χ1n) is 10.2. The molecular weight excluding hydrogens is 399 g/mol. The van der Waals surface area contributed by atoms with Crippen LogP contribution in [-0.4, -0.2) is 68.1 Å². The Balaban J connectivity index is 1.72. The van der Waals surface area contributed by atoms with E-state index in [0.717, 1.165) is 13.1 Å². The minimum atomic E-state index is -4.29. The van der Waals surface area contributed by atoms with Crippen LogP contribution in [0.1, 0.15) is 36.0 Å². The van der Waals surface area contributed by atoms with Gasteiger partial charge >= 0.3 is 6.18 Å². The number of likely N-dealkylation sites (N-methyl/N-ethyl adjacent to an activating group) is 1. The molecule has 1 heterocycles. The SMILES string of the molecule is COc1ccc(C(=O)N2CCN(C)CC2)cc1NC(=O)C1CCCC(C(F)(F)F)C1. The molecule has 2 amide bonds. The molecule has 9 heteroatoms. The molecular formula is C21H28F3N3O3. The van der Waals surface area contributed by atoms with Gasteiger partial charge in [-0.05, 0) is 44.5 Å². The summed E-state index contributed by atoms with van der Waals surface area (Å²) in [6.07, 6.45) is -3.66. The van der Waals surface area contributed by atoms with Gasteiger partial charge in [-0.15, -0.1) is 0 Å². The van der Waals surface area contributed by atoms with E-state index >= 15 is 0 Å². The summed E-state index contributed by atoms with van der Waals surface area (Å²) in [5.41, 5.74) is 0.712. The maximum absolute atomic E-state index is 13.1. The summed E-state index contributed by atoms with van der Waals surface area (Å²) in [4.78, 5) is 29.4. The third kappa shape index (κ3) is 5.24. The van der Waals surface area contributed by atoms with Crippen LogP contribution in [0.3, 0.4) is 0 Å². The van der Waals surface area contributed by atoms with Crippen molar-refractivity contribution in [2.45, 2.75) is 31.9 Å². The second kappa shape index (κ2) is 9.24. The summed E-state index contributed by atoms with van der Waals surface area (Å²) in [6.45, 7) is 2.80. The Morgan fingerprint density at radius 2 is 1.83 bits per heavy atom. The zero-order chi connectivity index (χ0) is 21.9. The van der Waals surface area contributed by atoms with Crippen molar-refractivity contribution in [1.82, 2.24) is 9.80 Å². The number of carbonyl (C=O) groups excluding carboxylic acids is 2. The molecule has 0 spiro atoms. The van der Waals surface area contributed by atoms with E-state index in [0.29, 0.717) is 42.9 Å². The molecule has 0 radical (unpaired) electrons. The largest absolute Gasteiger partial charge is 0.495 e. The van der Waals surface area contributed by atoms with Crippen molar-refractivity contribution < 1.29 is 27.5 Å². The van der Waals surface area contributed by atoms with E-state index in [9.17, 15) is 22.8 Å². The molecule has 166 valence electrons. The molecule has 1 aromatic rings. The zero-order valence-corrected chi connectivity index (χ0v) is 17.3. The lowest BCUT2D eigenvalue weighted by atomic mass is 9.80. The number of carbonyl (C=O) groups is 2. The van der Waals surface area contributed by atoms with E-state index in [-0.39, 0.29) is 18.7 Å². The van der Waals surface area contributed by atoms with Gasteiger partial charge in [0.25, 0.3) is 5.91 Å². The maximum Gasteiger partial charge on any atom is 0.391 e. The molecule has 1 N–H and O–H groups in total. The van der Waals surface area contributed by atoms with Crippen molar-refractivity contribution in [1.29, 1.82) is 0 Å². The summed E-state index contributed by atoms with van der Waals surface area (Å²) in [5.74, 6) is -2.41. The first-order valence-corrected chi connectivity index (χ1v) is 10.2. The Hall–Kier alpha value is -2.29. The Morgan fingerprint density at radius 3 is 2.47 bits per heavy atom. The molecule has 0 bridgehead atoms. The Bertz CT molecular complexity index is 776. The number of nitrogens with one attached hydrogen (secondary N) is 1.